The molecule has 5 rings (SSSR count). The third kappa shape index (κ3) is 6.39. The van der Waals surface area contributed by atoms with E-state index in [1.54, 1.807) is 0 Å². The van der Waals surface area contributed by atoms with Gasteiger partial charge in [-0.1, -0.05) is 48.5 Å². The van der Waals surface area contributed by atoms with Crippen molar-refractivity contribution in [3.05, 3.63) is 93.0 Å². The van der Waals surface area contributed by atoms with Gasteiger partial charge in [0.05, 0.1) is 0 Å². The van der Waals surface area contributed by atoms with Crippen LogP contribution in [0.25, 0.3) is 21.5 Å². The Kier molecular flexibility index (Phi) is 8.74. The van der Waals surface area contributed by atoms with Gasteiger partial charge in [-0.3, -0.25) is 0 Å². The van der Waals surface area contributed by atoms with Crippen LogP contribution in [0.1, 0.15) is 63.8 Å². The van der Waals surface area contributed by atoms with E-state index in [4.69, 9.17) is 0 Å². The molecule has 39 heavy (non-hydrogen) atoms. The molecule has 0 N–H and O–H groups in total. The highest BCUT2D eigenvalue weighted by Gasteiger charge is 2.15. The molecule has 0 aliphatic carbocycles. The first-order valence-electron chi connectivity index (χ1n) is 15.2. The van der Waals surface area contributed by atoms with Gasteiger partial charge in [0, 0.05) is 13.1 Å². The molecule has 4 aromatic rings. The van der Waals surface area contributed by atoms with E-state index >= 15 is 0 Å². The number of fused-ring (bicyclic) bond motifs is 2. The molecule has 4 aromatic carbocycles. The summed E-state index contributed by atoms with van der Waals surface area (Å²) in [5, 5.41) is 5.63. The van der Waals surface area contributed by atoms with Gasteiger partial charge in [-0.15, -0.1) is 0 Å². The lowest BCUT2D eigenvalue weighted by molar-refractivity contribution is 0.253. The summed E-state index contributed by atoms with van der Waals surface area (Å²) < 4.78 is 0. The van der Waals surface area contributed by atoms with E-state index in [-0.39, 0.29) is 0 Å². The zero-order chi connectivity index (χ0) is 27.5. The first-order chi connectivity index (χ1) is 18.8. The molecule has 2 nitrogen and oxygen atoms in total. The van der Waals surface area contributed by atoms with Crippen LogP contribution in [0.5, 0.6) is 0 Å². The predicted octanol–water partition coefficient (Wildman–Crippen LogP) is 8.42. The molecule has 0 aromatic heterocycles. The van der Waals surface area contributed by atoms with Crippen molar-refractivity contribution >= 4 is 21.5 Å². The fraction of sp³-hybridized carbons (Fsp3) is 0.459. The van der Waals surface area contributed by atoms with E-state index < -0.39 is 0 Å². The number of hydrogen-bond acceptors (Lipinski definition) is 2. The Bertz CT molecular complexity index is 1350. The average Bonchev–Trinajstić information content (AvgIpc) is 3.15. The highest BCUT2D eigenvalue weighted by Crippen LogP contribution is 2.27. The summed E-state index contributed by atoms with van der Waals surface area (Å²) in [7, 11) is 0. The standard InChI is InChI=1S/C37H48N2/c1-26-22-34-24-32(12-14-36(34)30(5)28(26)3)10-7-16-38-18-9-19-39(21-20-38)17-8-11-33-13-15-37-31(6)29(4)27(2)23-35(37)25-33/h12-15,22-25H,7-11,16-21H2,1-6H3. The van der Waals surface area contributed by atoms with Crippen LogP contribution in [-0.2, 0) is 12.8 Å². The molecule has 0 amide bonds. The van der Waals surface area contributed by atoms with Crippen molar-refractivity contribution in [2.45, 2.75) is 73.6 Å². The summed E-state index contributed by atoms with van der Waals surface area (Å²) >= 11 is 0. The molecule has 1 saturated heterocycles. The van der Waals surface area contributed by atoms with Crippen LogP contribution in [-0.4, -0.2) is 49.1 Å². The van der Waals surface area contributed by atoms with Gasteiger partial charge in [0.25, 0.3) is 0 Å². The van der Waals surface area contributed by atoms with E-state index in [1.807, 2.05) is 0 Å². The Labute approximate surface area is 237 Å². The minimum Gasteiger partial charge on any atom is -0.302 e. The summed E-state index contributed by atoms with van der Waals surface area (Å²) in [5.74, 6) is 0. The predicted molar refractivity (Wildman–Crippen MR) is 170 cm³/mol. The Morgan fingerprint density at radius 2 is 0.949 bits per heavy atom. The number of aryl methyl sites for hydroxylation is 6. The molecule has 1 fully saturated rings. The lowest BCUT2D eigenvalue weighted by Crippen LogP contribution is -2.32. The number of nitrogens with zero attached hydrogens (tertiary/aromatic N) is 2. The molecule has 0 bridgehead atoms. The van der Waals surface area contributed by atoms with Crippen molar-refractivity contribution in [3.63, 3.8) is 0 Å². The maximum absolute atomic E-state index is 2.70. The summed E-state index contributed by atoms with van der Waals surface area (Å²) in [6.07, 6.45) is 6.13. The molecular formula is C37H48N2. The van der Waals surface area contributed by atoms with Crippen molar-refractivity contribution in [3.8, 4) is 0 Å². The molecule has 1 aliphatic heterocycles. The minimum atomic E-state index is 1.17. The van der Waals surface area contributed by atoms with Crippen molar-refractivity contribution in [1.29, 1.82) is 0 Å². The van der Waals surface area contributed by atoms with Crippen molar-refractivity contribution in [2.75, 3.05) is 39.3 Å². The highest BCUT2D eigenvalue weighted by molar-refractivity contribution is 5.89. The zero-order valence-electron chi connectivity index (χ0n) is 25.3. The number of benzene rings is 4. The summed E-state index contributed by atoms with van der Waals surface area (Å²) in [6.45, 7) is 20.8. The molecule has 0 atom stereocenters. The molecule has 1 aliphatic rings. The van der Waals surface area contributed by atoms with Crippen LogP contribution in [0, 0.1) is 41.5 Å². The second-order valence-electron chi connectivity index (χ2n) is 12.2. The minimum absolute atomic E-state index is 1.17. The van der Waals surface area contributed by atoms with Crippen LogP contribution in [0.15, 0.2) is 48.5 Å². The normalized spacial score (nSPS) is 15.3. The Morgan fingerprint density at radius 3 is 1.38 bits per heavy atom. The summed E-state index contributed by atoms with van der Waals surface area (Å²) in [6, 6.07) is 19.0. The highest BCUT2D eigenvalue weighted by atomic mass is 15.2. The molecule has 0 radical (unpaired) electrons. The fourth-order valence-electron chi connectivity index (χ4n) is 6.62. The van der Waals surface area contributed by atoms with Crippen molar-refractivity contribution in [2.24, 2.45) is 0 Å². The van der Waals surface area contributed by atoms with Gasteiger partial charge in [-0.2, -0.15) is 0 Å². The molecule has 0 spiro atoms. The van der Waals surface area contributed by atoms with Gasteiger partial charge in [0.2, 0.25) is 0 Å². The molecule has 1 heterocycles. The zero-order valence-corrected chi connectivity index (χ0v) is 25.3. The second-order valence-corrected chi connectivity index (χ2v) is 12.2. The smallest absolute Gasteiger partial charge is 0.0109 e. The van der Waals surface area contributed by atoms with Gasteiger partial charge >= 0.3 is 0 Å². The molecule has 206 valence electrons. The first kappa shape index (κ1) is 27.9. The Hall–Kier alpha value is -2.68. The maximum Gasteiger partial charge on any atom is 0.0109 e. The van der Waals surface area contributed by atoms with E-state index in [0.717, 1.165) is 0 Å². The van der Waals surface area contributed by atoms with Crippen molar-refractivity contribution in [1.82, 2.24) is 9.80 Å². The summed E-state index contributed by atoms with van der Waals surface area (Å²) in [5.41, 5.74) is 11.5. The van der Waals surface area contributed by atoms with Gasteiger partial charge in [-0.05, 0) is 166 Å². The van der Waals surface area contributed by atoms with E-state index in [9.17, 15) is 0 Å². The van der Waals surface area contributed by atoms with Crippen LogP contribution >= 0.6 is 0 Å². The monoisotopic (exact) mass is 520 g/mol. The lowest BCUT2D eigenvalue weighted by Gasteiger charge is -2.22. The van der Waals surface area contributed by atoms with Gasteiger partial charge in [0.1, 0.15) is 0 Å². The quantitative estimate of drug-likeness (QED) is 0.230. The van der Waals surface area contributed by atoms with Crippen LogP contribution in [0.2, 0.25) is 0 Å². The van der Waals surface area contributed by atoms with Crippen LogP contribution in [0.4, 0.5) is 0 Å². The average molecular weight is 521 g/mol. The number of hydrogen-bond donors (Lipinski definition) is 0. The largest absolute Gasteiger partial charge is 0.302 e. The fourth-order valence-corrected chi connectivity index (χ4v) is 6.62. The van der Waals surface area contributed by atoms with Gasteiger partial charge in [-0.25, -0.2) is 0 Å². The van der Waals surface area contributed by atoms with Crippen molar-refractivity contribution < 1.29 is 0 Å². The second kappa shape index (κ2) is 12.2. The number of rotatable bonds is 8. The summed E-state index contributed by atoms with van der Waals surface area (Å²) in [4.78, 5) is 5.41. The molecule has 0 unspecified atom stereocenters. The van der Waals surface area contributed by atoms with E-state index in [2.05, 4.69) is 99.9 Å². The van der Waals surface area contributed by atoms with Gasteiger partial charge < -0.3 is 9.80 Å². The molecular weight excluding hydrogens is 472 g/mol. The van der Waals surface area contributed by atoms with E-state index in [0.29, 0.717) is 0 Å². The van der Waals surface area contributed by atoms with E-state index in [1.165, 1.54) is 137 Å². The topological polar surface area (TPSA) is 6.48 Å². The first-order valence-corrected chi connectivity index (χ1v) is 15.2. The molecule has 2 heteroatoms. The van der Waals surface area contributed by atoms with Crippen LogP contribution < -0.4 is 0 Å². The van der Waals surface area contributed by atoms with Gasteiger partial charge in [0.15, 0.2) is 0 Å². The SMILES string of the molecule is Cc1cc2cc(CCCN3CCCN(CCCc4ccc5c(C)c(C)c(C)cc5c4)CC3)ccc2c(C)c1C. The molecule has 0 saturated carbocycles. The Balaban J connectivity index is 1.07. The van der Waals surface area contributed by atoms with Crippen LogP contribution in [0.3, 0.4) is 0 Å². The third-order valence-electron chi connectivity index (χ3n) is 9.65. The Morgan fingerprint density at radius 1 is 0.513 bits per heavy atom. The lowest BCUT2D eigenvalue weighted by atomic mass is 9.94. The maximum atomic E-state index is 2.70. The third-order valence-corrected chi connectivity index (χ3v) is 9.65.